The molecule has 3 heterocycles. The fourth-order valence-electron chi connectivity index (χ4n) is 3.94. The molecule has 1 amide bonds. The van der Waals surface area contributed by atoms with Crippen LogP contribution in [0.15, 0.2) is 48.9 Å². The molecule has 0 spiro atoms. The van der Waals surface area contributed by atoms with Crippen LogP contribution in [0, 0.1) is 0 Å². The predicted molar refractivity (Wildman–Crippen MR) is 105 cm³/mol. The van der Waals surface area contributed by atoms with Gasteiger partial charge >= 0.3 is 6.18 Å². The third-order valence-electron chi connectivity index (χ3n) is 5.44. The number of carbonyl (C=O) groups excluding carboxylic acids is 1. The lowest BCUT2D eigenvalue weighted by Gasteiger charge is -2.32. The van der Waals surface area contributed by atoms with Gasteiger partial charge in [0, 0.05) is 19.7 Å². The van der Waals surface area contributed by atoms with Crippen LogP contribution in [-0.2, 0) is 22.9 Å². The Kier molecular flexibility index (Phi) is 4.76. The lowest BCUT2D eigenvalue weighted by Crippen LogP contribution is -2.51. The van der Waals surface area contributed by atoms with E-state index in [0.29, 0.717) is 28.9 Å². The summed E-state index contributed by atoms with van der Waals surface area (Å²) in [5.41, 5.74) is 0.698. The lowest BCUT2D eigenvalue weighted by atomic mass is 9.82. The zero-order chi connectivity index (χ0) is 21.5. The van der Waals surface area contributed by atoms with Gasteiger partial charge in [-0.15, -0.1) is 0 Å². The molecule has 6 nitrogen and oxygen atoms in total. The quantitative estimate of drug-likeness (QED) is 0.686. The molecule has 0 saturated heterocycles. The first-order valence-electron chi connectivity index (χ1n) is 9.50. The zero-order valence-corrected chi connectivity index (χ0v) is 16.4. The second-order valence-electron chi connectivity index (χ2n) is 7.10. The Labute approximate surface area is 170 Å². The molecule has 3 aromatic rings. The molecule has 2 aromatic heterocycles. The summed E-state index contributed by atoms with van der Waals surface area (Å²) in [6.45, 7) is 1.85. The van der Waals surface area contributed by atoms with E-state index in [2.05, 4.69) is 20.7 Å². The SMILES string of the molecule is CCc1ccc(C(F)(F)F)cc1C1(C(=O)NC)CC=C(c2ncnn3cccc23)N1. The monoisotopic (exact) mass is 415 g/mol. The lowest BCUT2D eigenvalue weighted by molar-refractivity contribution is -0.138. The summed E-state index contributed by atoms with van der Waals surface area (Å²) in [7, 11) is 1.47. The van der Waals surface area contributed by atoms with Gasteiger partial charge in [0.2, 0.25) is 5.91 Å². The fraction of sp³-hybridized carbons (Fsp3) is 0.286. The number of aryl methyl sites for hydroxylation is 1. The van der Waals surface area contributed by atoms with Crippen LogP contribution in [0.2, 0.25) is 0 Å². The van der Waals surface area contributed by atoms with Gasteiger partial charge in [0.1, 0.15) is 17.6 Å². The number of carbonyl (C=O) groups is 1. The molecular formula is C21H20F3N5O. The van der Waals surface area contributed by atoms with Crippen molar-refractivity contribution in [2.24, 2.45) is 0 Å². The van der Waals surface area contributed by atoms with Gasteiger partial charge in [-0.1, -0.05) is 19.1 Å². The number of alkyl halides is 3. The number of halogens is 3. The van der Waals surface area contributed by atoms with Crippen molar-refractivity contribution in [1.29, 1.82) is 0 Å². The molecule has 1 unspecified atom stereocenters. The van der Waals surface area contributed by atoms with Crippen molar-refractivity contribution in [1.82, 2.24) is 25.2 Å². The zero-order valence-electron chi connectivity index (χ0n) is 16.4. The number of benzene rings is 1. The van der Waals surface area contributed by atoms with E-state index in [1.807, 2.05) is 19.1 Å². The maximum Gasteiger partial charge on any atom is 0.416 e. The van der Waals surface area contributed by atoms with E-state index in [1.54, 1.807) is 16.8 Å². The topological polar surface area (TPSA) is 71.3 Å². The van der Waals surface area contributed by atoms with Gasteiger partial charge in [-0.05, 0) is 41.8 Å². The first kappa shape index (κ1) is 19.9. The summed E-state index contributed by atoms with van der Waals surface area (Å²) >= 11 is 0. The normalized spacial score (nSPS) is 18.9. The number of amides is 1. The second-order valence-corrected chi connectivity index (χ2v) is 7.10. The molecular weight excluding hydrogens is 395 g/mol. The maximum atomic E-state index is 13.4. The molecule has 0 radical (unpaired) electrons. The van der Waals surface area contributed by atoms with E-state index in [0.717, 1.165) is 17.6 Å². The summed E-state index contributed by atoms with van der Waals surface area (Å²) in [5, 5.41) is 9.94. The molecule has 0 saturated carbocycles. The van der Waals surface area contributed by atoms with Gasteiger partial charge in [0.05, 0.1) is 16.8 Å². The van der Waals surface area contributed by atoms with Crippen molar-refractivity contribution >= 4 is 17.1 Å². The fourth-order valence-corrected chi connectivity index (χ4v) is 3.94. The maximum absolute atomic E-state index is 13.4. The molecule has 1 aliphatic rings. The van der Waals surface area contributed by atoms with Gasteiger partial charge in [-0.2, -0.15) is 18.3 Å². The molecule has 0 fully saturated rings. The van der Waals surface area contributed by atoms with Crippen molar-refractivity contribution in [3.63, 3.8) is 0 Å². The molecule has 0 aliphatic carbocycles. The molecule has 156 valence electrons. The number of aromatic nitrogens is 3. The van der Waals surface area contributed by atoms with Gasteiger partial charge in [0.25, 0.3) is 0 Å². The second kappa shape index (κ2) is 7.16. The smallest absolute Gasteiger partial charge is 0.366 e. The highest BCUT2D eigenvalue weighted by Gasteiger charge is 2.45. The van der Waals surface area contributed by atoms with E-state index in [1.165, 1.54) is 19.4 Å². The summed E-state index contributed by atoms with van der Waals surface area (Å²) in [4.78, 5) is 17.4. The Morgan fingerprint density at radius 2 is 2.13 bits per heavy atom. The number of likely N-dealkylation sites (N-methyl/N-ethyl adjacent to an activating group) is 1. The minimum absolute atomic E-state index is 0.188. The number of hydrogen-bond acceptors (Lipinski definition) is 4. The standard InChI is InChI=1S/C21H20F3N5O/c1-3-13-6-7-14(21(22,23)24)11-15(13)20(19(30)25-2)9-8-16(28-20)18-17-5-4-10-29(17)27-12-26-18/h4-8,10-12,28H,3,9H2,1-2H3,(H,25,30). The third-order valence-corrected chi connectivity index (χ3v) is 5.44. The van der Waals surface area contributed by atoms with Crippen molar-refractivity contribution in [3.05, 3.63) is 71.3 Å². The highest BCUT2D eigenvalue weighted by molar-refractivity contribution is 5.93. The summed E-state index contributed by atoms with van der Waals surface area (Å²) in [6, 6.07) is 7.22. The van der Waals surface area contributed by atoms with Crippen LogP contribution in [0.5, 0.6) is 0 Å². The van der Waals surface area contributed by atoms with E-state index < -0.39 is 23.2 Å². The van der Waals surface area contributed by atoms with Crippen LogP contribution in [0.1, 0.15) is 35.7 Å². The van der Waals surface area contributed by atoms with Crippen molar-refractivity contribution in [2.75, 3.05) is 7.05 Å². The van der Waals surface area contributed by atoms with Crippen LogP contribution in [0.4, 0.5) is 13.2 Å². The average molecular weight is 415 g/mol. The minimum atomic E-state index is -4.51. The van der Waals surface area contributed by atoms with Crippen molar-refractivity contribution < 1.29 is 18.0 Å². The Morgan fingerprint density at radius 3 is 2.83 bits per heavy atom. The van der Waals surface area contributed by atoms with E-state index in [9.17, 15) is 18.0 Å². The Morgan fingerprint density at radius 1 is 1.33 bits per heavy atom. The molecule has 1 atom stereocenters. The van der Waals surface area contributed by atoms with E-state index in [4.69, 9.17) is 0 Å². The molecule has 1 aromatic carbocycles. The summed E-state index contributed by atoms with van der Waals surface area (Å²) < 4.78 is 41.9. The Bertz CT molecular complexity index is 1150. The molecule has 0 bridgehead atoms. The predicted octanol–water partition coefficient (Wildman–Crippen LogP) is 3.29. The number of rotatable bonds is 4. The van der Waals surface area contributed by atoms with Crippen LogP contribution >= 0.6 is 0 Å². The Hall–Kier alpha value is -3.36. The average Bonchev–Trinajstić information content (AvgIpc) is 3.39. The van der Waals surface area contributed by atoms with E-state index >= 15 is 0 Å². The van der Waals surface area contributed by atoms with Crippen LogP contribution < -0.4 is 10.6 Å². The van der Waals surface area contributed by atoms with Gasteiger partial charge in [-0.3, -0.25) is 4.79 Å². The molecule has 2 N–H and O–H groups in total. The number of fused-ring (bicyclic) bond motifs is 1. The number of nitrogens with zero attached hydrogens (tertiary/aromatic N) is 3. The molecule has 9 heteroatoms. The highest BCUT2D eigenvalue weighted by atomic mass is 19.4. The largest absolute Gasteiger partial charge is 0.416 e. The van der Waals surface area contributed by atoms with Gasteiger partial charge < -0.3 is 10.6 Å². The molecule has 4 rings (SSSR count). The first-order chi connectivity index (χ1) is 14.3. The highest BCUT2D eigenvalue weighted by Crippen LogP contribution is 2.40. The van der Waals surface area contributed by atoms with Crippen LogP contribution in [0.25, 0.3) is 11.2 Å². The number of hydrogen-bond donors (Lipinski definition) is 2. The summed E-state index contributed by atoms with van der Waals surface area (Å²) in [5.74, 6) is -0.414. The third kappa shape index (κ3) is 3.10. The summed E-state index contributed by atoms with van der Waals surface area (Å²) in [6.07, 6.45) is 1.12. The minimum Gasteiger partial charge on any atom is -0.366 e. The van der Waals surface area contributed by atoms with Crippen LogP contribution in [0.3, 0.4) is 0 Å². The van der Waals surface area contributed by atoms with E-state index in [-0.39, 0.29) is 6.42 Å². The Balaban J connectivity index is 1.84. The first-order valence-corrected chi connectivity index (χ1v) is 9.50. The molecule has 1 aliphatic heterocycles. The van der Waals surface area contributed by atoms with Crippen molar-refractivity contribution in [3.8, 4) is 0 Å². The van der Waals surface area contributed by atoms with Gasteiger partial charge in [0.15, 0.2) is 0 Å². The van der Waals surface area contributed by atoms with Crippen LogP contribution in [-0.4, -0.2) is 27.6 Å². The number of nitrogens with one attached hydrogen (secondary N) is 2. The molecule has 30 heavy (non-hydrogen) atoms. The van der Waals surface area contributed by atoms with Gasteiger partial charge in [-0.25, -0.2) is 9.50 Å². The van der Waals surface area contributed by atoms with Crippen molar-refractivity contribution in [2.45, 2.75) is 31.5 Å².